The van der Waals surface area contributed by atoms with Gasteiger partial charge < -0.3 is 9.84 Å². The maximum atomic E-state index is 12.7. The Kier molecular flexibility index (Phi) is 4.67. The number of carbonyl (C=O) groups is 1. The summed E-state index contributed by atoms with van der Waals surface area (Å²) < 4.78 is 31.6. The van der Waals surface area contributed by atoms with Crippen LogP contribution in [0.1, 0.15) is 15.9 Å². The molecule has 1 N–H and O–H groups in total. The Labute approximate surface area is 148 Å². The molecule has 3 aromatic rings. The lowest BCUT2D eigenvalue weighted by Crippen LogP contribution is -2.13. The second-order valence-corrected chi connectivity index (χ2v) is 7.22. The first-order valence-electron chi connectivity index (χ1n) is 7.38. The molecule has 0 bridgehead atoms. The molecule has 2 aromatic carbocycles. The number of carboxylic acid groups (broad SMARTS) is 1. The third-order valence-electron chi connectivity index (χ3n) is 3.57. The number of carboxylic acids is 1. The molecule has 0 amide bonds. The number of ether oxygens (including phenoxy) is 1. The van der Waals surface area contributed by atoms with Gasteiger partial charge in [0, 0.05) is 0 Å². The van der Waals surface area contributed by atoms with Gasteiger partial charge in [-0.3, -0.25) is 0 Å². The number of sulfone groups is 1. The van der Waals surface area contributed by atoms with Crippen molar-refractivity contribution in [2.75, 3.05) is 7.11 Å². The summed E-state index contributed by atoms with van der Waals surface area (Å²) in [5.74, 6) is -0.950. The van der Waals surface area contributed by atoms with Gasteiger partial charge in [0.05, 0.1) is 24.1 Å². The average Bonchev–Trinajstić information content (AvgIpc) is 3.12. The summed E-state index contributed by atoms with van der Waals surface area (Å²) in [4.78, 5) is 11.0. The highest BCUT2D eigenvalue weighted by atomic mass is 32.2. The molecule has 9 nitrogen and oxygen atoms in total. The highest BCUT2D eigenvalue weighted by Crippen LogP contribution is 2.20. The molecular formula is C16H14N4O5S. The van der Waals surface area contributed by atoms with Crippen LogP contribution in [0.25, 0.3) is 5.69 Å². The van der Waals surface area contributed by atoms with Crippen molar-refractivity contribution in [2.24, 2.45) is 0 Å². The smallest absolute Gasteiger partial charge is 0.335 e. The van der Waals surface area contributed by atoms with Crippen molar-refractivity contribution in [3.8, 4) is 11.4 Å². The van der Waals surface area contributed by atoms with Crippen molar-refractivity contribution in [3.05, 3.63) is 59.7 Å². The van der Waals surface area contributed by atoms with Crippen molar-refractivity contribution < 1.29 is 23.1 Å². The van der Waals surface area contributed by atoms with Crippen molar-refractivity contribution in [2.45, 2.75) is 10.9 Å². The fourth-order valence-electron chi connectivity index (χ4n) is 2.34. The zero-order valence-electron chi connectivity index (χ0n) is 13.6. The van der Waals surface area contributed by atoms with E-state index in [2.05, 4.69) is 15.5 Å². The van der Waals surface area contributed by atoms with E-state index in [9.17, 15) is 13.2 Å². The topological polar surface area (TPSA) is 124 Å². The van der Waals surface area contributed by atoms with E-state index < -0.39 is 21.6 Å². The minimum Gasteiger partial charge on any atom is -0.497 e. The molecule has 0 atom stereocenters. The second-order valence-electron chi connectivity index (χ2n) is 5.34. The van der Waals surface area contributed by atoms with Crippen LogP contribution < -0.4 is 4.74 Å². The number of rotatable bonds is 6. The highest BCUT2D eigenvalue weighted by Gasteiger charge is 2.24. The average molecular weight is 374 g/mol. The van der Waals surface area contributed by atoms with Gasteiger partial charge >= 0.3 is 5.97 Å². The van der Waals surface area contributed by atoms with Crippen LogP contribution in [0.5, 0.6) is 5.75 Å². The molecule has 0 radical (unpaired) electrons. The Morgan fingerprint density at radius 1 is 1.19 bits per heavy atom. The lowest BCUT2D eigenvalue weighted by atomic mass is 10.1. The van der Waals surface area contributed by atoms with E-state index in [1.807, 2.05) is 0 Å². The van der Waals surface area contributed by atoms with E-state index in [1.165, 1.54) is 31.4 Å². The molecule has 0 aliphatic rings. The van der Waals surface area contributed by atoms with Crippen LogP contribution in [0.15, 0.2) is 53.7 Å². The summed E-state index contributed by atoms with van der Waals surface area (Å²) in [7, 11) is -2.38. The fourth-order valence-corrected chi connectivity index (χ4v) is 3.65. The van der Waals surface area contributed by atoms with Crippen molar-refractivity contribution in [3.63, 3.8) is 0 Å². The normalized spacial score (nSPS) is 11.3. The predicted molar refractivity (Wildman–Crippen MR) is 90.0 cm³/mol. The van der Waals surface area contributed by atoms with Crippen molar-refractivity contribution >= 4 is 15.8 Å². The molecular weight excluding hydrogens is 360 g/mol. The minimum atomic E-state index is -3.90. The maximum Gasteiger partial charge on any atom is 0.335 e. The lowest BCUT2D eigenvalue weighted by Gasteiger charge is -2.07. The Balaban J connectivity index is 1.94. The quantitative estimate of drug-likeness (QED) is 0.685. The van der Waals surface area contributed by atoms with E-state index >= 15 is 0 Å². The molecule has 0 saturated carbocycles. The van der Waals surface area contributed by atoms with Gasteiger partial charge in [0.25, 0.3) is 5.16 Å². The number of tetrazole rings is 1. The lowest BCUT2D eigenvalue weighted by molar-refractivity contribution is 0.0696. The fraction of sp³-hybridized carbons (Fsp3) is 0.125. The van der Waals surface area contributed by atoms with Crippen LogP contribution in [-0.4, -0.2) is 46.8 Å². The third kappa shape index (κ3) is 3.54. The van der Waals surface area contributed by atoms with E-state index in [0.717, 1.165) is 4.68 Å². The number of hydrogen-bond acceptors (Lipinski definition) is 7. The van der Waals surface area contributed by atoms with Gasteiger partial charge in [0.1, 0.15) is 5.75 Å². The molecule has 1 heterocycles. The number of hydrogen-bond donors (Lipinski definition) is 1. The van der Waals surface area contributed by atoms with Gasteiger partial charge in [-0.2, -0.15) is 4.68 Å². The van der Waals surface area contributed by atoms with Crippen molar-refractivity contribution in [1.82, 2.24) is 20.2 Å². The number of aromatic carboxylic acids is 1. The summed E-state index contributed by atoms with van der Waals surface area (Å²) in [5.41, 5.74) is 0.787. The molecule has 0 unspecified atom stereocenters. The van der Waals surface area contributed by atoms with Gasteiger partial charge in [0.15, 0.2) is 0 Å². The number of methoxy groups -OCH3 is 1. The molecule has 3 rings (SSSR count). The zero-order valence-corrected chi connectivity index (χ0v) is 14.4. The summed E-state index contributed by atoms with van der Waals surface area (Å²) >= 11 is 0. The Morgan fingerprint density at radius 2 is 1.92 bits per heavy atom. The molecule has 0 aliphatic heterocycles. The van der Waals surface area contributed by atoms with E-state index in [0.29, 0.717) is 17.0 Å². The monoisotopic (exact) mass is 374 g/mol. The SMILES string of the molecule is COc1ccc(-n2nnnc2S(=O)(=O)Cc2cccc(C(=O)O)c2)cc1. The van der Waals surface area contributed by atoms with Crippen LogP contribution in [-0.2, 0) is 15.6 Å². The van der Waals surface area contributed by atoms with E-state index in [4.69, 9.17) is 9.84 Å². The maximum absolute atomic E-state index is 12.7. The predicted octanol–water partition coefficient (Wildman–Crippen LogP) is 1.34. The van der Waals surface area contributed by atoms with Crippen LogP contribution >= 0.6 is 0 Å². The first-order chi connectivity index (χ1) is 12.4. The standard InChI is InChI=1S/C16H14N4O5S/c1-25-14-7-5-13(6-8-14)20-16(17-18-19-20)26(23,24)10-11-3-2-4-12(9-11)15(21)22/h2-9H,10H2,1H3,(H,21,22). The first-order valence-corrected chi connectivity index (χ1v) is 9.04. The zero-order chi connectivity index (χ0) is 18.7. The van der Waals surface area contributed by atoms with Crippen molar-refractivity contribution in [1.29, 1.82) is 0 Å². The highest BCUT2D eigenvalue weighted by molar-refractivity contribution is 7.90. The Morgan fingerprint density at radius 3 is 2.58 bits per heavy atom. The van der Waals surface area contributed by atoms with E-state index in [1.54, 1.807) is 24.3 Å². The number of benzene rings is 2. The Bertz CT molecular complexity index is 1040. The van der Waals surface area contributed by atoms with Gasteiger partial charge in [-0.15, -0.1) is 0 Å². The first kappa shape index (κ1) is 17.5. The number of nitrogens with zero attached hydrogens (tertiary/aromatic N) is 4. The molecule has 134 valence electrons. The Hall–Kier alpha value is -3.27. The van der Waals surface area contributed by atoms with Gasteiger partial charge in [0.2, 0.25) is 9.84 Å². The number of aromatic nitrogens is 4. The molecule has 0 spiro atoms. The molecule has 26 heavy (non-hydrogen) atoms. The van der Waals surface area contributed by atoms with Gasteiger partial charge in [-0.25, -0.2) is 13.2 Å². The van der Waals surface area contributed by atoms with Gasteiger partial charge in [-0.05, 0) is 52.4 Å². The second kappa shape index (κ2) is 6.92. The summed E-state index contributed by atoms with van der Waals surface area (Å²) in [6.07, 6.45) is 0. The van der Waals surface area contributed by atoms with Crippen LogP contribution in [0, 0.1) is 0 Å². The summed E-state index contributed by atoms with van der Waals surface area (Å²) in [5, 5.41) is 19.5. The van der Waals surface area contributed by atoms with E-state index in [-0.39, 0.29) is 10.7 Å². The largest absolute Gasteiger partial charge is 0.497 e. The van der Waals surface area contributed by atoms with Crippen LogP contribution in [0.4, 0.5) is 0 Å². The molecule has 0 saturated heterocycles. The minimum absolute atomic E-state index is 0.00689. The molecule has 1 aromatic heterocycles. The van der Waals surface area contributed by atoms with Crippen LogP contribution in [0.2, 0.25) is 0 Å². The molecule has 0 aliphatic carbocycles. The summed E-state index contributed by atoms with van der Waals surface area (Å²) in [6.45, 7) is 0. The van der Waals surface area contributed by atoms with Gasteiger partial charge in [-0.1, -0.05) is 17.2 Å². The third-order valence-corrected chi connectivity index (χ3v) is 5.09. The summed E-state index contributed by atoms with van der Waals surface area (Å²) in [6, 6.07) is 12.3. The van der Waals surface area contributed by atoms with Crippen LogP contribution in [0.3, 0.4) is 0 Å². The molecule has 0 fully saturated rings. The molecule has 10 heteroatoms.